The van der Waals surface area contributed by atoms with Gasteiger partial charge < -0.3 is 15.4 Å². The molecule has 2 aromatic heterocycles. The number of nitrogens with one attached hydrogen (secondary N) is 2. The zero-order chi connectivity index (χ0) is 15.2. The van der Waals surface area contributed by atoms with Gasteiger partial charge in [-0.25, -0.2) is 4.79 Å². The molecule has 0 unspecified atom stereocenters. The summed E-state index contributed by atoms with van der Waals surface area (Å²) in [5, 5.41) is 9.90. The van der Waals surface area contributed by atoms with Gasteiger partial charge in [0.1, 0.15) is 6.10 Å². The van der Waals surface area contributed by atoms with E-state index in [1.54, 1.807) is 23.3 Å². The minimum Gasteiger partial charge on any atom is -0.371 e. The fourth-order valence-electron chi connectivity index (χ4n) is 2.55. The Hall–Kier alpha value is -2.41. The first-order valence-electron chi connectivity index (χ1n) is 7.36. The Labute approximate surface area is 128 Å². The van der Waals surface area contributed by atoms with Gasteiger partial charge in [-0.15, -0.1) is 0 Å². The molecular weight excluding hydrogens is 282 g/mol. The van der Waals surface area contributed by atoms with E-state index in [9.17, 15) is 4.79 Å². The van der Waals surface area contributed by atoms with Crippen LogP contribution in [0.1, 0.15) is 18.1 Å². The highest BCUT2D eigenvalue weighted by molar-refractivity contribution is 5.74. The maximum absolute atomic E-state index is 12.0. The number of amides is 2. The van der Waals surface area contributed by atoms with Gasteiger partial charge in [0.05, 0.1) is 12.6 Å². The van der Waals surface area contributed by atoms with E-state index in [1.165, 1.54) is 0 Å². The summed E-state index contributed by atoms with van der Waals surface area (Å²) in [5.74, 6) is 0. The number of nitrogens with zero attached hydrogens (tertiary/aromatic N) is 3. The van der Waals surface area contributed by atoms with Crippen LogP contribution in [0.25, 0.3) is 0 Å². The molecule has 3 rings (SSSR count). The molecule has 0 radical (unpaired) electrons. The molecule has 2 aromatic rings. The lowest BCUT2D eigenvalue weighted by molar-refractivity contribution is 0.0996. The van der Waals surface area contributed by atoms with Crippen LogP contribution in [0, 0.1) is 0 Å². The van der Waals surface area contributed by atoms with Crippen molar-refractivity contribution in [1.29, 1.82) is 0 Å². The smallest absolute Gasteiger partial charge is 0.315 e. The predicted octanol–water partition coefficient (Wildman–Crippen LogP) is 1.11. The predicted molar refractivity (Wildman–Crippen MR) is 80.1 cm³/mol. The number of hydrogen-bond donors (Lipinski definition) is 2. The monoisotopic (exact) mass is 301 g/mol. The van der Waals surface area contributed by atoms with Crippen LogP contribution in [-0.4, -0.2) is 40.0 Å². The van der Waals surface area contributed by atoms with Crippen LogP contribution in [0.2, 0.25) is 0 Å². The maximum Gasteiger partial charge on any atom is 0.315 e. The number of carbonyl (C=O) groups excluding carboxylic acids is 1. The van der Waals surface area contributed by atoms with E-state index in [2.05, 4.69) is 20.7 Å². The van der Waals surface area contributed by atoms with E-state index in [0.717, 1.165) is 12.0 Å². The molecule has 0 aliphatic carbocycles. The first kappa shape index (κ1) is 14.5. The van der Waals surface area contributed by atoms with Gasteiger partial charge in [0.2, 0.25) is 0 Å². The number of ether oxygens (including phenoxy) is 1. The molecule has 7 nitrogen and oxygen atoms in total. The molecule has 1 saturated heterocycles. The van der Waals surface area contributed by atoms with Crippen molar-refractivity contribution < 1.29 is 9.53 Å². The lowest BCUT2D eigenvalue weighted by Gasteiger charge is -2.20. The van der Waals surface area contributed by atoms with Gasteiger partial charge in [-0.05, 0) is 18.6 Å². The van der Waals surface area contributed by atoms with Gasteiger partial charge in [-0.2, -0.15) is 5.10 Å². The molecule has 1 aliphatic rings. The Morgan fingerprint density at radius 3 is 3.14 bits per heavy atom. The number of aromatic nitrogens is 3. The van der Waals surface area contributed by atoms with Gasteiger partial charge in [0.15, 0.2) is 0 Å². The highest BCUT2D eigenvalue weighted by Gasteiger charge is 2.30. The summed E-state index contributed by atoms with van der Waals surface area (Å²) in [6.45, 7) is 1.81. The Morgan fingerprint density at radius 2 is 2.36 bits per heavy atom. The van der Waals surface area contributed by atoms with E-state index in [1.807, 2.05) is 24.4 Å². The van der Waals surface area contributed by atoms with Crippen molar-refractivity contribution in [2.24, 2.45) is 0 Å². The third-order valence-corrected chi connectivity index (χ3v) is 3.61. The standard InChI is InChI=1S/C15H19N5O2/c21-15(17-7-9-20-8-2-6-18-20)19-13-4-10-22-14(13)12-3-1-5-16-11-12/h1-3,5-6,8,11,13-14H,4,7,9-10H2,(H2,17,19,21)/t13-,14+/m0/s1. The minimum atomic E-state index is -0.184. The van der Waals surface area contributed by atoms with Gasteiger partial charge in [-0.1, -0.05) is 6.07 Å². The Balaban J connectivity index is 1.48. The van der Waals surface area contributed by atoms with Crippen LogP contribution < -0.4 is 10.6 Å². The number of carbonyl (C=O) groups is 1. The summed E-state index contributed by atoms with van der Waals surface area (Å²) >= 11 is 0. The highest BCUT2D eigenvalue weighted by Crippen LogP contribution is 2.28. The van der Waals surface area contributed by atoms with E-state index >= 15 is 0 Å². The number of pyridine rings is 1. The molecule has 2 atom stereocenters. The molecule has 3 heterocycles. The average molecular weight is 301 g/mol. The van der Waals surface area contributed by atoms with Crippen molar-refractivity contribution in [3.05, 3.63) is 48.5 Å². The second kappa shape index (κ2) is 7.04. The maximum atomic E-state index is 12.0. The Kier molecular flexibility index (Phi) is 4.65. The topological polar surface area (TPSA) is 81.1 Å². The second-order valence-electron chi connectivity index (χ2n) is 5.14. The molecular formula is C15H19N5O2. The molecule has 116 valence electrons. The van der Waals surface area contributed by atoms with E-state index in [0.29, 0.717) is 19.7 Å². The van der Waals surface area contributed by atoms with E-state index in [4.69, 9.17) is 4.74 Å². The molecule has 2 amide bonds. The second-order valence-corrected chi connectivity index (χ2v) is 5.14. The molecule has 0 bridgehead atoms. The first-order valence-corrected chi connectivity index (χ1v) is 7.36. The largest absolute Gasteiger partial charge is 0.371 e. The van der Waals surface area contributed by atoms with E-state index in [-0.39, 0.29) is 18.2 Å². The normalized spacial score (nSPS) is 20.7. The van der Waals surface area contributed by atoms with Crippen LogP contribution in [0.3, 0.4) is 0 Å². The summed E-state index contributed by atoms with van der Waals surface area (Å²) in [6.07, 6.45) is 7.75. The van der Waals surface area contributed by atoms with Crippen molar-refractivity contribution in [2.45, 2.75) is 25.1 Å². The summed E-state index contributed by atoms with van der Waals surface area (Å²) < 4.78 is 7.49. The SMILES string of the molecule is O=C(NCCn1cccn1)N[C@H]1CCO[C@@H]1c1cccnc1. The Morgan fingerprint density at radius 1 is 1.41 bits per heavy atom. The molecule has 7 heteroatoms. The van der Waals surface area contributed by atoms with Crippen LogP contribution in [0.5, 0.6) is 0 Å². The summed E-state index contributed by atoms with van der Waals surface area (Å²) in [5.41, 5.74) is 0.988. The zero-order valence-electron chi connectivity index (χ0n) is 12.2. The van der Waals surface area contributed by atoms with Crippen LogP contribution in [0.4, 0.5) is 4.79 Å². The van der Waals surface area contributed by atoms with Crippen molar-refractivity contribution in [1.82, 2.24) is 25.4 Å². The quantitative estimate of drug-likeness (QED) is 0.867. The van der Waals surface area contributed by atoms with Gasteiger partial charge in [0, 0.05) is 43.5 Å². The third-order valence-electron chi connectivity index (χ3n) is 3.61. The molecule has 0 spiro atoms. The fourth-order valence-corrected chi connectivity index (χ4v) is 2.55. The van der Waals surface area contributed by atoms with Gasteiger partial charge in [-0.3, -0.25) is 9.67 Å². The van der Waals surface area contributed by atoms with Gasteiger partial charge in [0.25, 0.3) is 0 Å². The number of rotatable bonds is 5. The highest BCUT2D eigenvalue weighted by atomic mass is 16.5. The van der Waals surface area contributed by atoms with Crippen molar-refractivity contribution in [2.75, 3.05) is 13.2 Å². The fraction of sp³-hybridized carbons (Fsp3) is 0.400. The minimum absolute atomic E-state index is 0.0334. The molecule has 0 saturated carbocycles. The van der Waals surface area contributed by atoms with Gasteiger partial charge >= 0.3 is 6.03 Å². The third kappa shape index (κ3) is 3.62. The lowest BCUT2D eigenvalue weighted by atomic mass is 10.0. The van der Waals surface area contributed by atoms with Crippen molar-refractivity contribution in [3.63, 3.8) is 0 Å². The first-order chi connectivity index (χ1) is 10.8. The van der Waals surface area contributed by atoms with Crippen molar-refractivity contribution >= 4 is 6.03 Å². The van der Waals surface area contributed by atoms with Crippen LogP contribution >= 0.6 is 0 Å². The van der Waals surface area contributed by atoms with Crippen LogP contribution in [0.15, 0.2) is 43.0 Å². The molecule has 0 aromatic carbocycles. The number of urea groups is 1. The Bertz CT molecular complexity index is 587. The molecule has 2 N–H and O–H groups in total. The summed E-state index contributed by atoms with van der Waals surface area (Å²) in [4.78, 5) is 16.1. The summed E-state index contributed by atoms with van der Waals surface area (Å²) in [6, 6.07) is 5.48. The summed E-state index contributed by atoms with van der Waals surface area (Å²) in [7, 11) is 0. The van der Waals surface area contributed by atoms with Crippen LogP contribution in [-0.2, 0) is 11.3 Å². The zero-order valence-corrected chi connectivity index (χ0v) is 12.2. The molecule has 1 fully saturated rings. The molecule has 1 aliphatic heterocycles. The van der Waals surface area contributed by atoms with Crippen molar-refractivity contribution in [3.8, 4) is 0 Å². The number of hydrogen-bond acceptors (Lipinski definition) is 4. The molecule has 22 heavy (non-hydrogen) atoms. The lowest BCUT2D eigenvalue weighted by Crippen LogP contribution is -2.44. The average Bonchev–Trinajstić information content (AvgIpc) is 3.20. The van der Waals surface area contributed by atoms with E-state index < -0.39 is 0 Å².